The van der Waals surface area contributed by atoms with Gasteiger partial charge in [-0.15, -0.1) is 0 Å². The maximum absolute atomic E-state index is 11.1. The molecule has 3 heteroatoms. The summed E-state index contributed by atoms with van der Waals surface area (Å²) < 4.78 is 0. The van der Waals surface area contributed by atoms with Crippen molar-refractivity contribution in [3.05, 3.63) is 69.8 Å². The fraction of sp³-hybridized carbons (Fsp3) is 0.200. The van der Waals surface area contributed by atoms with E-state index < -0.39 is 6.04 Å². The van der Waals surface area contributed by atoms with Gasteiger partial charge in [0.1, 0.15) is 0 Å². The Morgan fingerprint density at radius 2 is 1.50 bits per heavy atom. The van der Waals surface area contributed by atoms with E-state index in [2.05, 4.69) is 12.1 Å². The fourth-order valence-corrected chi connectivity index (χ4v) is 3.44. The Labute approximate surface area is 104 Å². The van der Waals surface area contributed by atoms with Gasteiger partial charge in [-0.3, -0.25) is 10.1 Å². The predicted octanol–water partition coefficient (Wildman–Crippen LogP) is 3.00. The van der Waals surface area contributed by atoms with Crippen LogP contribution in [0.25, 0.3) is 11.1 Å². The number of rotatable bonds is 1. The monoisotopic (exact) mass is 237 g/mol. The number of nitrogens with zero attached hydrogens (tertiary/aromatic N) is 1. The molecule has 1 spiro atoms. The summed E-state index contributed by atoms with van der Waals surface area (Å²) in [7, 11) is 0. The van der Waals surface area contributed by atoms with E-state index in [1.54, 1.807) is 0 Å². The predicted molar refractivity (Wildman–Crippen MR) is 68.1 cm³/mol. The molecule has 0 heterocycles. The van der Waals surface area contributed by atoms with Crippen LogP contribution in [0.1, 0.15) is 17.5 Å². The van der Waals surface area contributed by atoms with Crippen LogP contribution in [0.15, 0.2) is 48.5 Å². The highest BCUT2D eigenvalue weighted by Gasteiger charge is 2.69. The van der Waals surface area contributed by atoms with Crippen molar-refractivity contribution < 1.29 is 4.92 Å². The van der Waals surface area contributed by atoms with Gasteiger partial charge in [0, 0.05) is 11.3 Å². The van der Waals surface area contributed by atoms with Gasteiger partial charge in [0.2, 0.25) is 6.04 Å². The third-order valence-electron chi connectivity index (χ3n) is 4.28. The third kappa shape index (κ3) is 0.957. The molecule has 2 aromatic rings. The maximum Gasteiger partial charge on any atom is 0.228 e. The topological polar surface area (TPSA) is 43.1 Å². The molecule has 0 aliphatic heterocycles. The number of hydrogen-bond donors (Lipinski definition) is 0. The molecule has 0 radical (unpaired) electrons. The van der Waals surface area contributed by atoms with Gasteiger partial charge in [-0.25, -0.2) is 0 Å². The minimum atomic E-state index is -0.456. The minimum Gasteiger partial charge on any atom is -0.264 e. The average molecular weight is 237 g/mol. The van der Waals surface area contributed by atoms with Gasteiger partial charge in [0.15, 0.2) is 0 Å². The van der Waals surface area contributed by atoms with Crippen molar-refractivity contribution in [2.75, 3.05) is 0 Å². The highest BCUT2D eigenvalue weighted by Crippen LogP contribution is 2.63. The van der Waals surface area contributed by atoms with Crippen molar-refractivity contribution in [1.82, 2.24) is 0 Å². The molecule has 1 atom stereocenters. The number of benzene rings is 2. The highest BCUT2D eigenvalue weighted by molar-refractivity contribution is 5.83. The lowest BCUT2D eigenvalue weighted by Crippen LogP contribution is -2.17. The van der Waals surface area contributed by atoms with E-state index in [0.717, 1.165) is 22.3 Å². The third-order valence-corrected chi connectivity index (χ3v) is 4.28. The second-order valence-electron chi connectivity index (χ2n) is 5.07. The summed E-state index contributed by atoms with van der Waals surface area (Å²) in [5.74, 6) is 0. The Balaban J connectivity index is 2.03. The van der Waals surface area contributed by atoms with Crippen LogP contribution in [0.5, 0.6) is 0 Å². The van der Waals surface area contributed by atoms with E-state index in [0.29, 0.717) is 6.42 Å². The lowest BCUT2D eigenvalue weighted by atomic mass is 9.93. The van der Waals surface area contributed by atoms with Crippen molar-refractivity contribution in [2.45, 2.75) is 17.9 Å². The zero-order chi connectivity index (χ0) is 12.3. The molecule has 0 saturated heterocycles. The van der Waals surface area contributed by atoms with Crippen LogP contribution in [0, 0.1) is 10.1 Å². The molecule has 1 saturated carbocycles. The Bertz CT molecular complexity index is 632. The summed E-state index contributed by atoms with van der Waals surface area (Å²) in [4.78, 5) is 11.0. The molecular weight excluding hydrogens is 226 g/mol. The van der Waals surface area contributed by atoms with Crippen LogP contribution in [0.2, 0.25) is 0 Å². The number of fused-ring (bicyclic) bond motifs is 5. The average Bonchev–Trinajstić information content (AvgIpc) is 3.09. The first kappa shape index (κ1) is 9.83. The Morgan fingerprint density at radius 1 is 1.00 bits per heavy atom. The fourth-order valence-electron chi connectivity index (χ4n) is 3.44. The molecule has 4 rings (SSSR count). The van der Waals surface area contributed by atoms with Crippen LogP contribution >= 0.6 is 0 Å². The molecule has 18 heavy (non-hydrogen) atoms. The molecule has 0 amide bonds. The van der Waals surface area contributed by atoms with Crippen LogP contribution in [-0.2, 0) is 5.41 Å². The van der Waals surface area contributed by atoms with Crippen LogP contribution < -0.4 is 0 Å². The zero-order valence-corrected chi connectivity index (χ0v) is 9.67. The zero-order valence-electron chi connectivity index (χ0n) is 9.67. The largest absolute Gasteiger partial charge is 0.264 e. The first-order valence-electron chi connectivity index (χ1n) is 6.08. The first-order chi connectivity index (χ1) is 8.75. The SMILES string of the molecule is O=[N+]([O-])[C@@H]1CC12c1ccccc1-c1ccccc12. The van der Waals surface area contributed by atoms with Gasteiger partial charge < -0.3 is 0 Å². The smallest absolute Gasteiger partial charge is 0.228 e. The summed E-state index contributed by atoms with van der Waals surface area (Å²) >= 11 is 0. The van der Waals surface area contributed by atoms with E-state index in [4.69, 9.17) is 0 Å². The van der Waals surface area contributed by atoms with Crippen molar-refractivity contribution in [3.63, 3.8) is 0 Å². The van der Waals surface area contributed by atoms with E-state index in [9.17, 15) is 10.1 Å². The molecule has 0 bridgehead atoms. The Morgan fingerprint density at radius 3 is 1.94 bits per heavy atom. The maximum atomic E-state index is 11.1. The van der Waals surface area contributed by atoms with Crippen molar-refractivity contribution in [2.24, 2.45) is 0 Å². The van der Waals surface area contributed by atoms with E-state index in [-0.39, 0.29) is 10.3 Å². The summed E-state index contributed by atoms with van der Waals surface area (Å²) in [6.07, 6.45) is 0.633. The van der Waals surface area contributed by atoms with Gasteiger partial charge >= 0.3 is 0 Å². The van der Waals surface area contributed by atoms with Gasteiger partial charge in [-0.05, 0) is 22.3 Å². The molecule has 2 aliphatic rings. The molecule has 0 aromatic heterocycles. The van der Waals surface area contributed by atoms with E-state index >= 15 is 0 Å². The molecule has 2 aromatic carbocycles. The summed E-state index contributed by atoms with van der Waals surface area (Å²) in [5.41, 5.74) is 4.24. The summed E-state index contributed by atoms with van der Waals surface area (Å²) in [6, 6.07) is 15.7. The lowest BCUT2D eigenvalue weighted by molar-refractivity contribution is -0.498. The van der Waals surface area contributed by atoms with Gasteiger partial charge in [0.25, 0.3) is 0 Å². The van der Waals surface area contributed by atoms with E-state index in [1.165, 1.54) is 0 Å². The molecule has 0 unspecified atom stereocenters. The Kier molecular flexibility index (Phi) is 1.63. The molecule has 1 fully saturated rings. The number of hydrogen-bond acceptors (Lipinski definition) is 2. The van der Waals surface area contributed by atoms with Crippen LogP contribution in [0.3, 0.4) is 0 Å². The normalized spacial score (nSPS) is 21.4. The molecule has 0 N–H and O–H groups in total. The van der Waals surface area contributed by atoms with Gasteiger partial charge in [-0.2, -0.15) is 0 Å². The highest BCUT2D eigenvalue weighted by atomic mass is 16.6. The van der Waals surface area contributed by atoms with Crippen LogP contribution in [-0.4, -0.2) is 11.0 Å². The quantitative estimate of drug-likeness (QED) is 0.565. The minimum absolute atomic E-state index is 0.126. The molecule has 3 nitrogen and oxygen atoms in total. The van der Waals surface area contributed by atoms with Crippen LogP contribution in [0.4, 0.5) is 0 Å². The van der Waals surface area contributed by atoms with Gasteiger partial charge in [-0.1, -0.05) is 48.5 Å². The Hall–Kier alpha value is -2.16. The summed E-state index contributed by atoms with van der Waals surface area (Å²) in [6.45, 7) is 0. The van der Waals surface area contributed by atoms with E-state index in [1.807, 2.05) is 36.4 Å². The molecular formula is C15H11NO2. The molecule has 88 valence electrons. The summed E-state index contributed by atoms with van der Waals surface area (Å²) in [5, 5.41) is 11.1. The first-order valence-corrected chi connectivity index (χ1v) is 6.08. The second-order valence-corrected chi connectivity index (χ2v) is 5.07. The number of nitro groups is 1. The second kappa shape index (κ2) is 2.99. The van der Waals surface area contributed by atoms with Gasteiger partial charge in [0.05, 0.1) is 5.41 Å². The van der Waals surface area contributed by atoms with Crippen molar-refractivity contribution in [3.8, 4) is 11.1 Å². The standard InChI is InChI=1S/C15H11NO2/c17-16(18)14-9-15(14)12-7-3-1-5-10(12)11-6-2-4-8-13(11)15/h1-8,14H,9H2/t14-/m1/s1. The molecule has 2 aliphatic carbocycles. The van der Waals surface area contributed by atoms with Crippen molar-refractivity contribution >= 4 is 0 Å². The lowest BCUT2D eigenvalue weighted by Gasteiger charge is -2.09. The van der Waals surface area contributed by atoms with Crippen molar-refractivity contribution in [1.29, 1.82) is 0 Å².